The maximum absolute atomic E-state index is 11.0. The van der Waals surface area contributed by atoms with E-state index in [2.05, 4.69) is 19.9 Å². The summed E-state index contributed by atoms with van der Waals surface area (Å²) in [6.45, 7) is 1.62. The van der Waals surface area contributed by atoms with E-state index in [0.29, 0.717) is 49.2 Å². The molecule has 1 saturated heterocycles. The van der Waals surface area contributed by atoms with E-state index >= 15 is 0 Å². The molecule has 9 nitrogen and oxygen atoms in total. The van der Waals surface area contributed by atoms with Gasteiger partial charge in [-0.2, -0.15) is 5.10 Å². The monoisotopic (exact) mass is 628 g/mol. The van der Waals surface area contributed by atoms with E-state index in [-0.39, 0.29) is 12.1 Å². The molecule has 2 atom stereocenters. The Morgan fingerprint density at radius 3 is 2.64 bits per heavy atom. The molecule has 1 fully saturated rings. The number of nitrogen functional groups attached to an aromatic ring is 1. The lowest BCUT2D eigenvalue weighted by Gasteiger charge is -2.39. The Bertz CT molecular complexity index is 1640. The van der Waals surface area contributed by atoms with Crippen LogP contribution in [-0.2, 0) is 4.79 Å². The number of likely N-dealkylation sites (N-methyl/N-ethyl adjacent to an activating group) is 1. The number of ether oxygens (including phenoxy) is 2. The van der Waals surface area contributed by atoms with Gasteiger partial charge in [-0.1, -0.05) is 40.9 Å². The van der Waals surface area contributed by atoms with Crippen molar-refractivity contribution in [1.82, 2.24) is 24.4 Å². The number of allylic oxidation sites excluding steroid dienone is 1. The largest absolute Gasteiger partial charge is 0.493 e. The summed E-state index contributed by atoms with van der Waals surface area (Å²) >= 11 is 19.5. The van der Waals surface area contributed by atoms with Crippen LogP contribution in [0.15, 0.2) is 54.9 Å². The van der Waals surface area contributed by atoms with Gasteiger partial charge in [-0.05, 0) is 75.5 Å². The number of halogens is 3. The average Bonchev–Trinajstić information content (AvgIpc) is 3.28. The topological polar surface area (TPSA) is 98.2 Å². The van der Waals surface area contributed by atoms with Crippen LogP contribution in [0.3, 0.4) is 0 Å². The van der Waals surface area contributed by atoms with Crippen molar-refractivity contribution in [2.24, 2.45) is 0 Å². The van der Waals surface area contributed by atoms with Gasteiger partial charge in [0.15, 0.2) is 17.3 Å². The zero-order chi connectivity index (χ0) is 30.0. The molecule has 0 aliphatic carbocycles. The Morgan fingerprint density at radius 1 is 1.12 bits per heavy atom. The van der Waals surface area contributed by atoms with Gasteiger partial charge in [0.2, 0.25) is 0 Å². The number of methoxy groups -OCH3 is 1. The Kier molecular flexibility index (Phi) is 9.25. The van der Waals surface area contributed by atoms with Gasteiger partial charge in [-0.3, -0.25) is 14.6 Å². The Labute approximate surface area is 259 Å². The molecule has 5 rings (SSSR count). The minimum absolute atomic E-state index is 0.0329. The first-order chi connectivity index (χ1) is 20.2. The molecule has 4 aromatic rings. The molecule has 2 unspecified atom stereocenters. The van der Waals surface area contributed by atoms with Crippen LogP contribution in [0, 0.1) is 0 Å². The fraction of sp³-hybridized carbons (Fsp3) is 0.300. The smallest absolute Gasteiger partial charge is 0.169 e. The van der Waals surface area contributed by atoms with E-state index < -0.39 is 0 Å². The molecular formula is C30H31Cl3N6O3. The predicted molar refractivity (Wildman–Crippen MR) is 167 cm³/mol. The molecular weight excluding hydrogens is 599 g/mol. The summed E-state index contributed by atoms with van der Waals surface area (Å²) in [6, 6.07) is 10.6. The van der Waals surface area contributed by atoms with Gasteiger partial charge in [0, 0.05) is 24.1 Å². The lowest BCUT2D eigenvalue weighted by molar-refractivity contribution is -0.104. The summed E-state index contributed by atoms with van der Waals surface area (Å²) in [6.07, 6.45) is 7.54. The second-order valence-corrected chi connectivity index (χ2v) is 11.4. The number of aldehydes is 1. The number of nitrogens with two attached hydrogens (primary N) is 1. The molecule has 1 aliphatic rings. The van der Waals surface area contributed by atoms with Crippen molar-refractivity contribution in [3.63, 3.8) is 0 Å². The number of piperidine rings is 1. The molecule has 220 valence electrons. The molecule has 2 aromatic heterocycles. The van der Waals surface area contributed by atoms with Crippen LogP contribution in [-0.4, -0.2) is 71.1 Å². The van der Waals surface area contributed by atoms with Crippen LogP contribution >= 0.6 is 34.8 Å². The van der Waals surface area contributed by atoms with Crippen LogP contribution in [0.1, 0.15) is 24.5 Å². The number of hydrogen-bond acceptors (Lipinski definition) is 8. The third kappa shape index (κ3) is 5.93. The number of benzene rings is 2. The number of hydrogen-bond donors (Lipinski definition) is 1. The van der Waals surface area contributed by atoms with E-state index in [0.717, 1.165) is 43.5 Å². The van der Waals surface area contributed by atoms with E-state index in [1.165, 1.54) is 6.33 Å². The van der Waals surface area contributed by atoms with Crippen LogP contribution in [0.4, 0.5) is 5.82 Å². The van der Waals surface area contributed by atoms with Crippen LogP contribution in [0.25, 0.3) is 16.6 Å². The molecule has 2 aromatic carbocycles. The van der Waals surface area contributed by atoms with Crippen molar-refractivity contribution in [2.75, 3.05) is 40.0 Å². The van der Waals surface area contributed by atoms with E-state index in [1.807, 2.05) is 36.8 Å². The van der Waals surface area contributed by atoms with Gasteiger partial charge in [0.25, 0.3) is 0 Å². The van der Waals surface area contributed by atoms with Crippen molar-refractivity contribution in [2.45, 2.75) is 24.9 Å². The Hall–Kier alpha value is -3.34. The maximum atomic E-state index is 11.0. The van der Waals surface area contributed by atoms with Crippen molar-refractivity contribution in [3.8, 4) is 28.4 Å². The predicted octanol–water partition coefficient (Wildman–Crippen LogP) is 6.56. The van der Waals surface area contributed by atoms with Crippen molar-refractivity contribution < 1.29 is 14.3 Å². The van der Waals surface area contributed by atoms with Crippen molar-refractivity contribution in [3.05, 3.63) is 75.6 Å². The van der Waals surface area contributed by atoms with E-state index in [1.54, 1.807) is 37.5 Å². The number of carbonyl (C=O) groups excluding carboxylic acids is 1. The molecule has 0 radical (unpaired) electrons. The first-order valence-corrected chi connectivity index (χ1v) is 14.5. The zero-order valence-corrected chi connectivity index (χ0v) is 25.7. The standard InChI is InChI=1S/C30H31Cl3N6O3/c1-37(2)25(7-5-13-40)38-12-4-6-19(16-38)28-27(33)26(29-30(34)35-17-36-39(28)29)18-8-11-23(24(14-18)41-3)42-20-9-10-21(31)22(32)15-20/h5,7-11,13-15,17,19,25H,4,6,12,16H2,1-3H3,(H2,34,35,36). The summed E-state index contributed by atoms with van der Waals surface area (Å²) < 4.78 is 13.6. The molecule has 0 spiro atoms. The highest BCUT2D eigenvalue weighted by atomic mass is 35.5. The van der Waals surface area contributed by atoms with E-state index in [9.17, 15) is 4.79 Å². The average molecular weight is 630 g/mol. The Balaban J connectivity index is 1.56. The maximum Gasteiger partial charge on any atom is 0.169 e. The van der Waals surface area contributed by atoms with Gasteiger partial charge < -0.3 is 15.2 Å². The number of likely N-dealkylation sites (tertiary alicyclic amines) is 1. The number of carbonyl (C=O) groups is 1. The number of aromatic nitrogens is 3. The number of nitrogens with zero attached hydrogens (tertiary/aromatic N) is 5. The normalized spacial score (nSPS) is 16.8. The summed E-state index contributed by atoms with van der Waals surface area (Å²) in [5.74, 6) is 1.88. The summed E-state index contributed by atoms with van der Waals surface area (Å²) in [7, 11) is 5.56. The molecule has 12 heteroatoms. The molecule has 0 amide bonds. The minimum Gasteiger partial charge on any atom is -0.493 e. The first-order valence-electron chi connectivity index (χ1n) is 13.4. The van der Waals surface area contributed by atoms with Gasteiger partial charge >= 0.3 is 0 Å². The highest BCUT2D eigenvalue weighted by Gasteiger charge is 2.33. The Morgan fingerprint density at radius 2 is 1.93 bits per heavy atom. The van der Waals surface area contributed by atoms with Crippen molar-refractivity contribution in [1.29, 1.82) is 0 Å². The summed E-state index contributed by atoms with van der Waals surface area (Å²) in [5, 5.41) is 5.96. The SMILES string of the molecule is COc1cc(-c2c(Cl)c(C3CCCN(C(C=CC=O)N(C)C)C3)n3ncnc(N)c23)ccc1Oc1ccc(Cl)c(Cl)c1. The number of anilines is 1. The minimum atomic E-state index is -0.0329. The zero-order valence-electron chi connectivity index (χ0n) is 23.4. The summed E-state index contributed by atoms with van der Waals surface area (Å²) in [4.78, 5) is 19.7. The highest BCUT2D eigenvalue weighted by Crippen LogP contribution is 2.45. The molecule has 3 heterocycles. The van der Waals surface area contributed by atoms with E-state index in [4.69, 9.17) is 50.0 Å². The fourth-order valence-corrected chi connectivity index (χ4v) is 6.26. The third-order valence-corrected chi connectivity index (χ3v) is 8.53. The highest BCUT2D eigenvalue weighted by molar-refractivity contribution is 6.42. The second-order valence-electron chi connectivity index (χ2n) is 10.3. The van der Waals surface area contributed by atoms with Gasteiger partial charge in [0.1, 0.15) is 23.9 Å². The molecule has 42 heavy (non-hydrogen) atoms. The number of rotatable bonds is 9. The second kappa shape index (κ2) is 12.9. The third-order valence-electron chi connectivity index (χ3n) is 7.40. The van der Waals surface area contributed by atoms with Gasteiger partial charge in [0.05, 0.1) is 34.0 Å². The van der Waals surface area contributed by atoms with Crippen molar-refractivity contribution >= 4 is 52.4 Å². The van der Waals surface area contributed by atoms with Gasteiger partial charge in [-0.25, -0.2) is 9.50 Å². The summed E-state index contributed by atoms with van der Waals surface area (Å²) in [5.41, 5.74) is 9.42. The number of fused-ring (bicyclic) bond motifs is 1. The molecule has 1 aliphatic heterocycles. The fourth-order valence-electron chi connectivity index (χ4n) is 5.53. The first kappa shape index (κ1) is 30.1. The lowest BCUT2D eigenvalue weighted by atomic mass is 9.93. The molecule has 2 N–H and O–H groups in total. The van der Waals surface area contributed by atoms with Gasteiger partial charge in [-0.15, -0.1) is 0 Å². The van der Waals surface area contributed by atoms with Crippen LogP contribution in [0.5, 0.6) is 17.2 Å². The van der Waals surface area contributed by atoms with Crippen LogP contribution < -0.4 is 15.2 Å². The lowest BCUT2D eigenvalue weighted by Crippen LogP contribution is -2.48. The molecule has 0 bridgehead atoms. The van der Waals surface area contributed by atoms with Crippen LogP contribution in [0.2, 0.25) is 15.1 Å². The quantitative estimate of drug-likeness (QED) is 0.164. The molecule has 0 saturated carbocycles.